The number of aromatic nitrogens is 1. The van der Waals surface area contributed by atoms with Gasteiger partial charge in [0.05, 0.1) is 0 Å². The number of benzene rings is 1. The monoisotopic (exact) mass is 253 g/mol. The second kappa shape index (κ2) is 5.98. The highest BCUT2D eigenvalue weighted by Gasteiger charge is 2.04. The van der Waals surface area contributed by atoms with Gasteiger partial charge in [0.1, 0.15) is 24.1 Å². The van der Waals surface area contributed by atoms with Crippen molar-refractivity contribution in [3.8, 4) is 11.8 Å². The molecule has 0 amide bonds. The van der Waals surface area contributed by atoms with Gasteiger partial charge in [0.2, 0.25) is 0 Å². The Morgan fingerprint density at radius 1 is 1.32 bits per heavy atom. The molecule has 0 bridgehead atoms. The van der Waals surface area contributed by atoms with E-state index in [4.69, 9.17) is 15.7 Å². The van der Waals surface area contributed by atoms with E-state index in [-0.39, 0.29) is 6.04 Å². The van der Waals surface area contributed by atoms with Crippen LogP contribution in [0.25, 0.3) is 0 Å². The summed E-state index contributed by atoms with van der Waals surface area (Å²) in [5.74, 6) is 0.747. The molecule has 0 saturated heterocycles. The highest BCUT2D eigenvalue weighted by atomic mass is 16.5. The SMILES string of the molecule is CC(N)c1ccc(OCc2cccnc2C#N)cc1. The van der Waals surface area contributed by atoms with Crippen molar-refractivity contribution in [3.05, 3.63) is 59.4 Å². The number of ether oxygens (including phenoxy) is 1. The zero-order valence-corrected chi connectivity index (χ0v) is 10.7. The summed E-state index contributed by atoms with van der Waals surface area (Å²) in [5, 5.41) is 8.93. The van der Waals surface area contributed by atoms with Crippen LogP contribution < -0.4 is 10.5 Å². The molecule has 96 valence electrons. The number of hydrogen-bond acceptors (Lipinski definition) is 4. The molecule has 2 N–H and O–H groups in total. The fourth-order valence-electron chi connectivity index (χ4n) is 1.68. The lowest BCUT2D eigenvalue weighted by Crippen LogP contribution is -2.04. The number of hydrogen-bond donors (Lipinski definition) is 1. The molecule has 0 spiro atoms. The molecule has 2 rings (SSSR count). The van der Waals surface area contributed by atoms with Crippen molar-refractivity contribution in [1.29, 1.82) is 5.26 Å². The molecule has 1 heterocycles. The van der Waals surface area contributed by atoms with Gasteiger partial charge in [-0.05, 0) is 30.7 Å². The van der Waals surface area contributed by atoms with E-state index in [2.05, 4.69) is 4.98 Å². The fraction of sp³-hybridized carbons (Fsp3) is 0.200. The average Bonchev–Trinajstić information content (AvgIpc) is 2.45. The van der Waals surface area contributed by atoms with Gasteiger partial charge in [-0.2, -0.15) is 5.26 Å². The Bertz CT molecular complexity index is 585. The summed E-state index contributed by atoms with van der Waals surface area (Å²) in [6.07, 6.45) is 1.60. The van der Waals surface area contributed by atoms with Gasteiger partial charge in [-0.25, -0.2) is 4.98 Å². The van der Waals surface area contributed by atoms with Gasteiger partial charge in [-0.3, -0.25) is 0 Å². The van der Waals surface area contributed by atoms with Gasteiger partial charge < -0.3 is 10.5 Å². The Hall–Kier alpha value is -2.38. The second-order valence-electron chi connectivity index (χ2n) is 4.27. The number of rotatable bonds is 4. The molecule has 1 atom stereocenters. The van der Waals surface area contributed by atoms with E-state index in [9.17, 15) is 0 Å². The third-order valence-corrected chi connectivity index (χ3v) is 2.80. The van der Waals surface area contributed by atoms with Gasteiger partial charge in [0.25, 0.3) is 0 Å². The van der Waals surface area contributed by atoms with Gasteiger partial charge in [0.15, 0.2) is 0 Å². The van der Waals surface area contributed by atoms with Crippen LogP contribution in [-0.4, -0.2) is 4.98 Å². The lowest BCUT2D eigenvalue weighted by Gasteiger charge is -2.09. The molecular weight excluding hydrogens is 238 g/mol. The van der Waals surface area contributed by atoms with E-state index in [0.29, 0.717) is 12.3 Å². The van der Waals surface area contributed by atoms with E-state index in [1.807, 2.05) is 43.3 Å². The Kier molecular flexibility index (Phi) is 4.11. The van der Waals surface area contributed by atoms with Crippen LogP contribution in [0.1, 0.15) is 29.8 Å². The van der Waals surface area contributed by atoms with Crippen LogP contribution in [0.4, 0.5) is 0 Å². The van der Waals surface area contributed by atoms with E-state index < -0.39 is 0 Å². The van der Waals surface area contributed by atoms with Crippen LogP contribution in [-0.2, 0) is 6.61 Å². The molecule has 0 fully saturated rings. The summed E-state index contributed by atoms with van der Waals surface area (Å²) < 4.78 is 5.64. The minimum absolute atomic E-state index is 0.0116. The molecule has 2 aromatic rings. The first kappa shape index (κ1) is 13.1. The lowest BCUT2D eigenvalue weighted by atomic mass is 10.1. The zero-order chi connectivity index (χ0) is 13.7. The van der Waals surface area contributed by atoms with Crippen molar-refractivity contribution in [3.63, 3.8) is 0 Å². The molecule has 1 aromatic carbocycles. The smallest absolute Gasteiger partial charge is 0.147 e. The maximum Gasteiger partial charge on any atom is 0.147 e. The minimum atomic E-state index is 0.0116. The van der Waals surface area contributed by atoms with Crippen LogP contribution in [0, 0.1) is 11.3 Å². The number of nitrogens with zero attached hydrogens (tertiary/aromatic N) is 2. The number of nitrogens with two attached hydrogens (primary N) is 1. The van der Waals surface area contributed by atoms with Crippen molar-refractivity contribution in [2.45, 2.75) is 19.6 Å². The zero-order valence-electron chi connectivity index (χ0n) is 10.7. The first-order valence-electron chi connectivity index (χ1n) is 6.03. The molecule has 4 nitrogen and oxygen atoms in total. The Balaban J connectivity index is 2.04. The molecule has 1 aromatic heterocycles. The maximum atomic E-state index is 8.93. The molecule has 4 heteroatoms. The first-order chi connectivity index (χ1) is 9.20. The molecule has 0 radical (unpaired) electrons. The summed E-state index contributed by atoms with van der Waals surface area (Å²) >= 11 is 0. The van der Waals surface area contributed by atoms with Gasteiger partial charge in [0, 0.05) is 17.8 Å². The van der Waals surface area contributed by atoms with Gasteiger partial charge >= 0.3 is 0 Å². The lowest BCUT2D eigenvalue weighted by molar-refractivity contribution is 0.305. The molecule has 0 aliphatic carbocycles. The highest BCUT2D eigenvalue weighted by Crippen LogP contribution is 2.17. The summed E-state index contributed by atoms with van der Waals surface area (Å²) in [6.45, 7) is 2.26. The number of pyridine rings is 1. The fourth-order valence-corrected chi connectivity index (χ4v) is 1.68. The minimum Gasteiger partial charge on any atom is -0.489 e. The Labute approximate surface area is 112 Å². The Morgan fingerprint density at radius 3 is 2.68 bits per heavy atom. The van der Waals surface area contributed by atoms with Crippen molar-refractivity contribution < 1.29 is 4.74 Å². The Morgan fingerprint density at radius 2 is 2.05 bits per heavy atom. The maximum absolute atomic E-state index is 8.93. The largest absolute Gasteiger partial charge is 0.489 e. The summed E-state index contributed by atoms with van der Waals surface area (Å²) in [7, 11) is 0. The summed E-state index contributed by atoms with van der Waals surface area (Å²) in [4.78, 5) is 3.99. The van der Waals surface area contributed by atoms with Gasteiger partial charge in [-0.1, -0.05) is 18.2 Å². The summed E-state index contributed by atoms with van der Waals surface area (Å²) in [6, 6.07) is 13.3. The topological polar surface area (TPSA) is 71.9 Å². The van der Waals surface area contributed by atoms with Crippen molar-refractivity contribution in [2.75, 3.05) is 0 Å². The molecule has 0 aliphatic heterocycles. The molecule has 1 unspecified atom stereocenters. The van der Waals surface area contributed by atoms with Crippen LogP contribution in [0.3, 0.4) is 0 Å². The first-order valence-corrected chi connectivity index (χ1v) is 6.03. The van der Waals surface area contributed by atoms with Crippen molar-refractivity contribution in [2.24, 2.45) is 5.73 Å². The molecular formula is C15H15N3O. The van der Waals surface area contributed by atoms with Gasteiger partial charge in [-0.15, -0.1) is 0 Å². The predicted molar refractivity (Wildman–Crippen MR) is 72.3 cm³/mol. The molecule has 0 aliphatic rings. The van der Waals surface area contributed by atoms with Crippen molar-refractivity contribution >= 4 is 0 Å². The van der Waals surface area contributed by atoms with E-state index in [0.717, 1.165) is 16.9 Å². The predicted octanol–water partition coefficient (Wildman–Crippen LogP) is 2.55. The van der Waals surface area contributed by atoms with Crippen molar-refractivity contribution in [1.82, 2.24) is 4.98 Å². The third-order valence-electron chi connectivity index (χ3n) is 2.80. The molecule has 19 heavy (non-hydrogen) atoms. The second-order valence-corrected chi connectivity index (χ2v) is 4.27. The van der Waals surface area contributed by atoms with Crippen LogP contribution in [0.5, 0.6) is 5.75 Å². The quantitative estimate of drug-likeness (QED) is 0.908. The molecule has 0 saturated carbocycles. The normalized spacial score (nSPS) is 11.6. The number of nitriles is 1. The third kappa shape index (κ3) is 3.30. The van der Waals surface area contributed by atoms with Crippen LogP contribution in [0.2, 0.25) is 0 Å². The van der Waals surface area contributed by atoms with E-state index >= 15 is 0 Å². The summed E-state index contributed by atoms with van der Waals surface area (Å²) in [5.41, 5.74) is 8.02. The average molecular weight is 253 g/mol. The highest BCUT2D eigenvalue weighted by molar-refractivity contribution is 5.32. The van der Waals surface area contributed by atoms with E-state index in [1.165, 1.54) is 0 Å². The van der Waals surface area contributed by atoms with Crippen LogP contribution >= 0.6 is 0 Å². The van der Waals surface area contributed by atoms with Crippen LogP contribution in [0.15, 0.2) is 42.6 Å². The standard InChI is InChI=1S/C15H15N3O/c1-11(17)12-4-6-14(7-5-12)19-10-13-3-2-8-18-15(13)9-16/h2-8,11H,10,17H2,1H3. The van der Waals surface area contributed by atoms with E-state index in [1.54, 1.807) is 12.3 Å².